The lowest BCUT2D eigenvalue weighted by molar-refractivity contribution is -0.137. The molecule has 0 aliphatic heterocycles. The average molecular weight is 414 g/mol. The highest BCUT2D eigenvalue weighted by atomic mass is 35.5. The summed E-state index contributed by atoms with van der Waals surface area (Å²) in [6.07, 6.45) is -2.52. The van der Waals surface area contributed by atoms with Gasteiger partial charge in [0.2, 0.25) is 5.91 Å². The highest BCUT2D eigenvalue weighted by molar-refractivity contribution is 5.96. The highest BCUT2D eigenvalue weighted by Crippen LogP contribution is 2.35. The normalized spacial score (nSPS) is 19.0. The number of rotatable bonds is 5. The number of benzene rings is 2. The van der Waals surface area contributed by atoms with Crippen LogP contribution in [0.2, 0.25) is 0 Å². The van der Waals surface area contributed by atoms with Crippen molar-refractivity contribution in [2.45, 2.75) is 38.0 Å². The van der Waals surface area contributed by atoms with Crippen LogP contribution in [0.15, 0.2) is 48.5 Å². The summed E-state index contributed by atoms with van der Waals surface area (Å²) < 4.78 is 39.3. The van der Waals surface area contributed by atoms with Crippen molar-refractivity contribution in [3.8, 4) is 0 Å². The van der Waals surface area contributed by atoms with Gasteiger partial charge in [0.05, 0.1) is 16.9 Å². The Morgan fingerprint density at radius 2 is 1.79 bits per heavy atom. The van der Waals surface area contributed by atoms with E-state index in [1.807, 2.05) is 30.3 Å². The predicted octanol–water partition coefficient (Wildman–Crippen LogP) is 4.81. The molecule has 8 heteroatoms. The van der Waals surface area contributed by atoms with Crippen LogP contribution in [-0.2, 0) is 17.5 Å². The first-order chi connectivity index (χ1) is 12.8. The largest absolute Gasteiger partial charge is 0.416 e. The molecule has 1 aliphatic rings. The molecule has 0 bridgehead atoms. The van der Waals surface area contributed by atoms with Crippen molar-refractivity contribution in [1.29, 1.82) is 0 Å². The SMILES string of the molecule is Cl.NC1CCC(C(=O)Nc2cc(C(F)(F)F)ccc2NCc2ccccc2)C1. The number of carbonyl (C=O) groups excluding carboxylic acids is 1. The molecule has 1 fully saturated rings. The maximum Gasteiger partial charge on any atom is 0.416 e. The quantitative estimate of drug-likeness (QED) is 0.659. The molecular weight excluding hydrogens is 391 g/mol. The van der Waals surface area contributed by atoms with Crippen molar-refractivity contribution in [2.75, 3.05) is 10.6 Å². The predicted molar refractivity (Wildman–Crippen MR) is 106 cm³/mol. The first-order valence-electron chi connectivity index (χ1n) is 8.88. The molecule has 0 heterocycles. The lowest BCUT2D eigenvalue weighted by Crippen LogP contribution is -2.24. The summed E-state index contributed by atoms with van der Waals surface area (Å²) >= 11 is 0. The van der Waals surface area contributed by atoms with Crippen molar-refractivity contribution in [2.24, 2.45) is 11.7 Å². The first kappa shape index (κ1) is 22.0. The van der Waals surface area contributed by atoms with Gasteiger partial charge < -0.3 is 16.4 Å². The topological polar surface area (TPSA) is 67.2 Å². The third kappa shape index (κ3) is 5.62. The van der Waals surface area contributed by atoms with E-state index in [2.05, 4.69) is 10.6 Å². The molecule has 1 saturated carbocycles. The fourth-order valence-corrected chi connectivity index (χ4v) is 3.26. The Morgan fingerprint density at radius 1 is 1.07 bits per heavy atom. The van der Waals surface area contributed by atoms with E-state index in [9.17, 15) is 18.0 Å². The van der Waals surface area contributed by atoms with Gasteiger partial charge in [-0.3, -0.25) is 4.79 Å². The summed E-state index contributed by atoms with van der Waals surface area (Å²) in [5, 5.41) is 5.77. The Labute approximate surface area is 168 Å². The zero-order valence-corrected chi connectivity index (χ0v) is 15.9. The Hall–Kier alpha value is -2.25. The molecule has 2 unspecified atom stereocenters. The van der Waals surface area contributed by atoms with Crippen molar-refractivity contribution >= 4 is 29.7 Å². The molecule has 2 atom stereocenters. The first-order valence-corrected chi connectivity index (χ1v) is 8.88. The summed E-state index contributed by atoms with van der Waals surface area (Å²) in [5.41, 5.74) is 6.60. The second-order valence-corrected chi connectivity index (χ2v) is 6.86. The second kappa shape index (κ2) is 9.30. The number of hydrogen-bond acceptors (Lipinski definition) is 3. The minimum absolute atomic E-state index is 0. The third-order valence-corrected chi connectivity index (χ3v) is 4.77. The number of carbonyl (C=O) groups is 1. The smallest absolute Gasteiger partial charge is 0.379 e. The van der Waals surface area contributed by atoms with Gasteiger partial charge in [-0.05, 0) is 43.0 Å². The summed E-state index contributed by atoms with van der Waals surface area (Å²) in [4.78, 5) is 12.5. The molecule has 28 heavy (non-hydrogen) atoms. The number of nitrogens with one attached hydrogen (secondary N) is 2. The zero-order valence-electron chi connectivity index (χ0n) is 15.1. The number of alkyl halides is 3. The Bertz CT molecular complexity index is 799. The van der Waals surface area contributed by atoms with Crippen LogP contribution in [-0.4, -0.2) is 11.9 Å². The van der Waals surface area contributed by atoms with Crippen LogP contribution in [0.25, 0.3) is 0 Å². The summed E-state index contributed by atoms with van der Waals surface area (Å²) in [5.74, 6) is -0.554. The fourth-order valence-electron chi connectivity index (χ4n) is 3.26. The van der Waals surface area contributed by atoms with E-state index in [-0.39, 0.29) is 36.0 Å². The van der Waals surface area contributed by atoms with E-state index >= 15 is 0 Å². The Kier molecular flexibility index (Phi) is 7.32. The van der Waals surface area contributed by atoms with E-state index < -0.39 is 11.7 Å². The number of hydrogen-bond donors (Lipinski definition) is 3. The van der Waals surface area contributed by atoms with Crippen molar-refractivity contribution < 1.29 is 18.0 Å². The Morgan fingerprint density at radius 3 is 2.39 bits per heavy atom. The number of halogens is 4. The van der Waals surface area contributed by atoms with Gasteiger partial charge in [-0.15, -0.1) is 12.4 Å². The lowest BCUT2D eigenvalue weighted by Gasteiger charge is -2.18. The van der Waals surface area contributed by atoms with Gasteiger partial charge in [0.15, 0.2) is 0 Å². The van der Waals surface area contributed by atoms with Crippen LogP contribution in [0.4, 0.5) is 24.5 Å². The van der Waals surface area contributed by atoms with Crippen molar-refractivity contribution in [1.82, 2.24) is 0 Å². The van der Waals surface area contributed by atoms with Crippen LogP contribution >= 0.6 is 12.4 Å². The summed E-state index contributed by atoms with van der Waals surface area (Å²) in [6.45, 7) is 0.434. The molecule has 1 aliphatic carbocycles. The monoisotopic (exact) mass is 413 g/mol. The molecule has 0 radical (unpaired) electrons. The fraction of sp³-hybridized carbons (Fsp3) is 0.350. The molecule has 2 aromatic carbocycles. The third-order valence-electron chi connectivity index (χ3n) is 4.77. The Balaban J connectivity index is 0.00000280. The molecule has 152 valence electrons. The summed E-state index contributed by atoms with van der Waals surface area (Å²) in [6, 6.07) is 12.8. The highest BCUT2D eigenvalue weighted by Gasteiger charge is 2.32. The van der Waals surface area contributed by atoms with Crippen LogP contribution in [0.5, 0.6) is 0 Å². The summed E-state index contributed by atoms with van der Waals surface area (Å²) in [7, 11) is 0. The number of amides is 1. The van der Waals surface area contributed by atoms with E-state index in [1.54, 1.807) is 0 Å². The van der Waals surface area contributed by atoms with E-state index in [4.69, 9.17) is 5.73 Å². The maximum absolute atomic E-state index is 13.1. The second-order valence-electron chi connectivity index (χ2n) is 6.86. The zero-order chi connectivity index (χ0) is 19.4. The molecule has 0 aromatic heterocycles. The molecule has 0 spiro atoms. The van der Waals surface area contributed by atoms with Gasteiger partial charge in [0.25, 0.3) is 0 Å². The van der Waals surface area contributed by atoms with E-state index in [0.717, 1.165) is 24.1 Å². The van der Waals surface area contributed by atoms with E-state index in [1.165, 1.54) is 6.07 Å². The van der Waals surface area contributed by atoms with Crippen molar-refractivity contribution in [3.05, 3.63) is 59.7 Å². The van der Waals surface area contributed by atoms with Gasteiger partial charge in [-0.1, -0.05) is 30.3 Å². The molecule has 2 aromatic rings. The number of anilines is 2. The standard InChI is InChI=1S/C20H22F3N3O.ClH/c21-20(22,23)15-7-9-17(25-12-13-4-2-1-3-5-13)18(11-15)26-19(27)14-6-8-16(24)10-14;/h1-5,7,9,11,14,16,25H,6,8,10,12,24H2,(H,26,27);1H. The van der Waals surface area contributed by atoms with Gasteiger partial charge >= 0.3 is 6.18 Å². The van der Waals surface area contributed by atoms with Gasteiger partial charge in [-0.2, -0.15) is 13.2 Å². The van der Waals surface area contributed by atoms with Crippen LogP contribution in [0.3, 0.4) is 0 Å². The van der Waals surface area contributed by atoms with E-state index in [0.29, 0.717) is 25.1 Å². The molecule has 4 nitrogen and oxygen atoms in total. The van der Waals surface area contributed by atoms with Crippen LogP contribution in [0.1, 0.15) is 30.4 Å². The van der Waals surface area contributed by atoms with Gasteiger partial charge in [0.1, 0.15) is 0 Å². The maximum atomic E-state index is 13.1. The van der Waals surface area contributed by atoms with Gasteiger partial charge in [-0.25, -0.2) is 0 Å². The van der Waals surface area contributed by atoms with Crippen LogP contribution in [0, 0.1) is 5.92 Å². The van der Waals surface area contributed by atoms with Gasteiger partial charge in [0, 0.05) is 18.5 Å². The average Bonchev–Trinajstić information content (AvgIpc) is 3.07. The minimum atomic E-state index is -4.48. The lowest BCUT2D eigenvalue weighted by atomic mass is 10.1. The molecule has 1 amide bonds. The molecule has 3 rings (SSSR count). The number of nitrogens with two attached hydrogens (primary N) is 1. The molecule has 4 N–H and O–H groups in total. The van der Waals surface area contributed by atoms with Crippen LogP contribution < -0.4 is 16.4 Å². The minimum Gasteiger partial charge on any atom is -0.379 e. The molecular formula is C20H23ClF3N3O. The molecule has 0 saturated heterocycles. The van der Waals surface area contributed by atoms with Crippen molar-refractivity contribution in [3.63, 3.8) is 0 Å².